The molecule has 2 saturated heterocycles. The number of pyridine rings is 1. The van der Waals surface area contributed by atoms with E-state index in [-0.39, 0.29) is 23.5 Å². The Morgan fingerprint density at radius 3 is 2.71 bits per heavy atom. The summed E-state index contributed by atoms with van der Waals surface area (Å²) in [4.78, 5) is 33.8. The van der Waals surface area contributed by atoms with Gasteiger partial charge in [-0.2, -0.15) is 0 Å². The fraction of sp³-hybridized carbons (Fsp3) is 0.682. The number of rotatable bonds is 4. The number of nitrogens with zero attached hydrogens (tertiary/aromatic N) is 3. The Bertz CT molecular complexity index is 826. The number of methoxy groups -OCH3 is 2. The van der Waals surface area contributed by atoms with Gasteiger partial charge in [-0.3, -0.25) is 10.1 Å². The minimum absolute atomic E-state index is 0.219. The van der Waals surface area contributed by atoms with Gasteiger partial charge in [-0.1, -0.05) is 0 Å². The topological polar surface area (TPSA) is 104 Å². The number of anilines is 2. The third kappa shape index (κ3) is 4.28. The van der Waals surface area contributed by atoms with E-state index in [4.69, 9.17) is 4.74 Å². The van der Waals surface area contributed by atoms with Crippen molar-refractivity contribution in [2.75, 3.05) is 44.1 Å². The second kappa shape index (κ2) is 8.90. The molecule has 4 rings (SSSR count). The number of likely N-dealkylation sites (tertiary alicyclic amines) is 1. The highest BCUT2D eigenvalue weighted by Gasteiger charge is 2.51. The fourth-order valence-corrected chi connectivity index (χ4v) is 5.32. The molecule has 2 aliphatic heterocycles. The predicted octanol–water partition coefficient (Wildman–Crippen LogP) is 2.39. The van der Waals surface area contributed by atoms with Crippen LogP contribution in [0.5, 0.6) is 5.75 Å². The Hall–Kier alpha value is -2.55. The summed E-state index contributed by atoms with van der Waals surface area (Å²) in [7, 11) is 2.88. The van der Waals surface area contributed by atoms with Gasteiger partial charge in [-0.15, -0.1) is 0 Å². The molecule has 0 unspecified atom stereocenters. The number of ether oxygens (including phenoxy) is 2. The normalized spacial score (nSPS) is 28.7. The van der Waals surface area contributed by atoms with E-state index in [1.54, 1.807) is 19.4 Å². The van der Waals surface area contributed by atoms with E-state index < -0.39 is 6.09 Å². The van der Waals surface area contributed by atoms with Crippen molar-refractivity contribution in [3.63, 3.8) is 0 Å². The molecule has 1 saturated carbocycles. The van der Waals surface area contributed by atoms with Crippen molar-refractivity contribution in [2.45, 2.75) is 57.1 Å². The first-order valence-electron chi connectivity index (χ1n) is 11.1. The van der Waals surface area contributed by atoms with Gasteiger partial charge < -0.3 is 24.4 Å². The third-order valence-electron chi connectivity index (χ3n) is 7.01. The summed E-state index contributed by atoms with van der Waals surface area (Å²) in [5, 5.41) is 12.4. The van der Waals surface area contributed by atoms with Crippen LogP contribution in [0.3, 0.4) is 0 Å². The molecule has 3 aliphatic rings. The van der Waals surface area contributed by atoms with Crippen molar-refractivity contribution in [1.29, 1.82) is 0 Å². The van der Waals surface area contributed by atoms with Gasteiger partial charge in [0.1, 0.15) is 0 Å². The van der Waals surface area contributed by atoms with E-state index in [1.807, 2.05) is 0 Å². The number of aliphatic hydroxyl groups is 1. The van der Waals surface area contributed by atoms with Gasteiger partial charge in [0.2, 0.25) is 5.91 Å². The highest BCUT2D eigenvalue weighted by atomic mass is 16.5. The maximum Gasteiger partial charge on any atom is 0.411 e. The third-order valence-corrected chi connectivity index (χ3v) is 7.01. The highest BCUT2D eigenvalue weighted by Crippen LogP contribution is 2.44. The van der Waals surface area contributed by atoms with Crippen molar-refractivity contribution < 1.29 is 24.2 Å². The van der Waals surface area contributed by atoms with Crippen LogP contribution in [0.4, 0.5) is 16.3 Å². The Morgan fingerprint density at radius 1 is 1.23 bits per heavy atom. The van der Waals surface area contributed by atoms with Crippen LogP contribution >= 0.6 is 0 Å². The predicted molar refractivity (Wildman–Crippen MR) is 115 cm³/mol. The summed E-state index contributed by atoms with van der Waals surface area (Å²) in [5.74, 6) is 1.49. The molecule has 2 N–H and O–H groups in total. The second-order valence-corrected chi connectivity index (χ2v) is 8.88. The number of aliphatic hydroxyl groups excluding tert-OH is 1. The molecule has 3 heterocycles. The maximum atomic E-state index is 13.5. The Morgan fingerprint density at radius 2 is 2.00 bits per heavy atom. The van der Waals surface area contributed by atoms with Crippen LogP contribution in [0.25, 0.3) is 0 Å². The summed E-state index contributed by atoms with van der Waals surface area (Å²) < 4.78 is 10.2. The van der Waals surface area contributed by atoms with Gasteiger partial charge >= 0.3 is 6.09 Å². The molecule has 1 aliphatic carbocycles. The lowest BCUT2D eigenvalue weighted by molar-refractivity contribution is -0.139. The summed E-state index contributed by atoms with van der Waals surface area (Å²) >= 11 is 0. The standard InChI is InChI=1S/C22H32N4O5/c1-30-18-12-15(24-21(29)31-2)13-23-19(18)25-10-3-8-22(14-25)9-11-26(20(22)28)16-4-6-17(27)7-5-16/h12-13,16-17,27H,3-11,14H2,1-2H3,(H,24,29)/t16-,17-,22-/m0/s1. The summed E-state index contributed by atoms with van der Waals surface area (Å²) in [6.45, 7) is 2.21. The molecule has 1 spiro atoms. The van der Waals surface area contributed by atoms with Crippen LogP contribution in [-0.4, -0.2) is 73.0 Å². The fourth-order valence-electron chi connectivity index (χ4n) is 5.32. The molecular formula is C22H32N4O5. The van der Waals surface area contributed by atoms with Crippen molar-refractivity contribution in [2.24, 2.45) is 5.41 Å². The second-order valence-electron chi connectivity index (χ2n) is 8.88. The smallest absolute Gasteiger partial charge is 0.411 e. The maximum absolute atomic E-state index is 13.5. The minimum Gasteiger partial charge on any atom is -0.493 e. The number of hydrogen-bond acceptors (Lipinski definition) is 7. The molecule has 9 heteroatoms. The summed E-state index contributed by atoms with van der Waals surface area (Å²) in [6, 6.07) is 1.97. The van der Waals surface area contributed by atoms with Gasteiger partial charge in [-0.25, -0.2) is 9.78 Å². The molecule has 0 bridgehead atoms. The van der Waals surface area contributed by atoms with Gasteiger partial charge in [-0.05, 0) is 44.9 Å². The van der Waals surface area contributed by atoms with E-state index in [2.05, 4.69) is 24.8 Å². The lowest BCUT2D eigenvalue weighted by Gasteiger charge is -2.41. The van der Waals surface area contributed by atoms with Gasteiger partial charge in [0.25, 0.3) is 0 Å². The Kier molecular flexibility index (Phi) is 6.22. The average Bonchev–Trinajstić information content (AvgIpc) is 3.09. The van der Waals surface area contributed by atoms with Crippen LogP contribution in [0, 0.1) is 5.41 Å². The first-order chi connectivity index (χ1) is 15.0. The van der Waals surface area contributed by atoms with Crippen LogP contribution < -0.4 is 15.0 Å². The number of aromatic nitrogens is 1. The number of hydrogen-bond donors (Lipinski definition) is 2. The van der Waals surface area contributed by atoms with Crippen molar-refractivity contribution in [1.82, 2.24) is 9.88 Å². The van der Waals surface area contributed by atoms with E-state index in [0.717, 1.165) is 58.0 Å². The van der Waals surface area contributed by atoms with E-state index in [0.29, 0.717) is 23.8 Å². The monoisotopic (exact) mass is 432 g/mol. The zero-order valence-electron chi connectivity index (χ0n) is 18.3. The number of carbonyl (C=O) groups is 2. The first kappa shape index (κ1) is 21.7. The molecular weight excluding hydrogens is 400 g/mol. The van der Waals surface area contributed by atoms with Crippen LogP contribution in [-0.2, 0) is 9.53 Å². The van der Waals surface area contributed by atoms with Crippen LogP contribution in [0.1, 0.15) is 44.9 Å². The zero-order valence-corrected chi connectivity index (χ0v) is 18.3. The number of piperidine rings is 1. The van der Waals surface area contributed by atoms with E-state index in [9.17, 15) is 14.7 Å². The molecule has 3 fully saturated rings. The number of amides is 2. The molecule has 1 aromatic heterocycles. The molecule has 0 radical (unpaired) electrons. The van der Waals surface area contributed by atoms with Gasteiger partial charge in [0.05, 0.1) is 37.6 Å². The van der Waals surface area contributed by atoms with Gasteiger partial charge in [0, 0.05) is 31.7 Å². The minimum atomic E-state index is -0.569. The molecule has 170 valence electrons. The lowest BCUT2D eigenvalue weighted by Crippen LogP contribution is -2.50. The molecule has 1 atom stereocenters. The molecule has 31 heavy (non-hydrogen) atoms. The molecule has 2 amide bonds. The summed E-state index contributed by atoms with van der Waals surface area (Å²) in [6.07, 6.45) is 6.77. The largest absolute Gasteiger partial charge is 0.493 e. The van der Waals surface area contributed by atoms with Crippen molar-refractivity contribution in [3.05, 3.63) is 12.3 Å². The quantitative estimate of drug-likeness (QED) is 0.753. The lowest BCUT2D eigenvalue weighted by atomic mass is 9.78. The van der Waals surface area contributed by atoms with Crippen LogP contribution in [0.15, 0.2) is 12.3 Å². The van der Waals surface area contributed by atoms with E-state index in [1.165, 1.54) is 7.11 Å². The van der Waals surface area contributed by atoms with E-state index >= 15 is 0 Å². The SMILES string of the molecule is COC(=O)Nc1cnc(N2CCC[C@]3(CCN([C@H]4CC[C@H](O)CC4)C3=O)C2)c(OC)c1. The molecule has 1 aromatic rings. The van der Waals surface area contributed by atoms with Crippen molar-refractivity contribution in [3.8, 4) is 5.75 Å². The number of nitrogens with one attached hydrogen (secondary N) is 1. The molecule has 9 nitrogen and oxygen atoms in total. The first-order valence-corrected chi connectivity index (χ1v) is 11.1. The summed E-state index contributed by atoms with van der Waals surface area (Å²) in [5.41, 5.74) is 0.103. The Balaban J connectivity index is 1.49. The highest BCUT2D eigenvalue weighted by molar-refractivity contribution is 5.87. The van der Waals surface area contributed by atoms with Gasteiger partial charge in [0.15, 0.2) is 11.6 Å². The van der Waals surface area contributed by atoms with Crippen LogP contribution in [0.2, 0.25) is 0 Å². The zero-order chi connectivity index (χ0) is 22.0. The van der Waals surface area contributed by atoms with Crippen molar-refractivity contribution >= 4 is 23.5 Å². The average molecular weight is 433 g/mol. The Labute approximate surface area is 182 Å². The molecule has 0 aromatic carbocycles. The number of carbonyl (C=O) groups excluding carboxylic acids is 2.